The quantitative estimate of drug-likeness (QED) is 0.476. The molecule has 1 aromatic carbocycles. The summed E-state index contributed by atoms with van der Waals surface area (Å²) >= 11 is 5.67. The Hall–Kier alpha value is -1.49. The van der Waals surface area contributed by atoms with E-state index in [4.69, 9.17) is 11.6 Å². The second kappa shape index (κ2) is 5.72. The van der Waals surface area contributed by atoms with Crippen LogP contribution in [0.4, 0.5) is 8.78 Å². The third-order valence-electron chi connectivity index (χ3n) is 1.95. The number of ketones is 1. The first kappa shape index (κ1) is 13.6. The SMILES string of the molecule is CCOC(=O)C(=O)c1cc(C(F)F)ccc1Cl. The Labute approximate surface area is 101 Å². The molecule has 0 fully saturated rings. The first-order chi connectivity index (χ1) is 7.97. The molecule has 0 aliphatic carbocycles. The van der Waals surface area contributed by atoms with Crippen molar-refractivity contribution in [2.75, 3.05) is 6.61 Å². The van der Waals surface area contributed by atoms with Crippen LogP contribution in [0.25, 0.3) is 0 Å². The second-order valence-corrected chi connectivity index (χ2v) is 3.50. The van der Waals surface area contributed by atoms with Gasteiger partial charge in [-0.1, -0.05) is 17.7 Å². The maximum Gasteiger partial charge on any atom is 0.379 e. The lowest BCUT2D eigenvalue weighted by Gasteiger charge is -2.06. The predicted octanol–water partition coefficient (Wildman–Crippen LogP) is 3.02. The van der Waals surface area contributed by atoms with Crippen LogP contribution >= 0.6 is 11.6 Å². The molecule has 0 radical (unpaired) electrons. The largest absolute Gasteiger partial charge is 0.460 e. The third-order valence-corrected chi connectivity index (χ3v) is 2.28. The van der Waals surface area contributed by atoms with E-state index in [1.165, 1.54) is 6.92 Å². The minimum absolute atomic E-state index is 0.0245. The fraction of sp³-hybridized carbons (Fsp3) is 0.273. The summed E-state index contributed by atoms with van der Waals surface area (Å²) in [6.07, 6.45) is -2.74. The molecule has 0 aromatic heterocycles. The van der Waals surface area contributed by atoms with Gasteiger partial charge in [0.2, 0.25) is 0 Å². The van der Waals surface area contributed by atoms with Crippen LogP contribution < -0.4 is 0 Å². The summed E-state index contributed by atoms with van der Waals surface area (Å²) in [6, 6.07) is 3.14. The Kier molecular flexibility index (Phi) is 4.57. The second-order valence-electron chi connectivity index (χ2n) is 3.09. The van der Waals surface area contributed by atoms with Gasteiger partial charge in [0.15, 0.2) is 0 Å². The standard InChI is InChI=1S/C11H9ClF2O3/c1-2-17-11(16)9(15)7-5-6(10(13)14)3-4-8(7)12/h3-5,10H,2H2,1H3. The van der Waals surface area contributed by atoms with Gasteiger partial charge in [-0.25, -0.2) is 13.6 Å². The molecule has 17 heavy (non-hydrogen) atoms. The lowest BCUT2D eigenvalue weighted by molar-refractivity contribution is -0.137. The first-order valence-electron chi connectivity index (χ1n) is 4.76. The molecule has 0 spiro atoms. The van der Waals surface area contributed by atoms with Crippen molar-refractivity contribution in [3.63, 3.8) is 0 Å². The van der Waals surface area contributed by atoms with Crippen LogP contribution in [0.3, 0.4) is 0 Å². The minimum atomic E-state index is -2.74. The van der Waals surface area contributed by atoms with Gasteiger partial charge < -0.3 is 4.74 Å². The molecule has 3 nitrogen and oxygen atoms in total. The highest BCUT2D eigenvalue weighted by atomic mass is 35.5. The van der Waals surface area contributed by atoms with E-state index in [1.807, 2.05) is 0 Å². The fourth-order valence-corrected chi connectivity index (χ4v) is 1.36. The number of esters is 1. The van der Waals surface area contributed by atoms with Crippen molar-refractivity contribution < 1.29 is 23.1 Å². The van der Waals surface area contributed by atoms with Crippen molar-refractivity contribution in [1.82, 2.24) is 0 Å². The summed E-state index contributed by atoms with van der Waals surface area (Å²) < 4.78 is 29.3. The van der Waals surface area contributed by atoms with Gasteiger partial charge >= 0.3 is 5.97 Å². The topological polar surface area (TPSA) is 43.4 Å². The maximum absolute atomic E-state index is 12.4. The molecule has 0 N–H and O–H groups in total. The number of halogens is 3. The molecular formula is C11H9ClF2O3. The highest BCUT2D eigenvalue weighted by molar-refractivity contribution is 6.45. The van der Waals surface area contributed by atoms with E-state index in [-0.39, 0.29) is 22.8 Å². The van der Waals surface area contributed by atoms with Gasteiger partial charge in [0, 0.05) is 11.1 Å². The van der Waals surface area contributed by atoms with E-state index in [9.17, 15) is 18.4 Å². The Morgan fingerprint density at radius 1 is 1.41 bits per heavy atom. The van der Waals surface area contributed by atoms with Crippen molar-refractivity contribution in [2.45, 2.75) is 13.3 Å². The van der Waals surface area contributed by atoms with Crippen LogP contribution in [-0.4, -0.2) is 18.4 Å². The number of Topliss-reactive ketones (excluding diaryl/α,β-unsaturated/α-hetero) is 1. The lowest BCUT2D eigenvalue weighted by atomic mass is 10.1. The van der Waals surface area contributed by atoms with Crippen molar-refractivity contribution in [3.05, 3.63) is 34.3 Å². The summed E-state index contributed by atoms with van der Waals surface area (Å²) in [6.45, 7) is 1.55. The molecule has 0 aliphatic heterocycles. The monoisotopic (exact) mass is 262 g/mol. The molecule has 1 rings (SSSR count). The molecule has 6 heteroatoms. The van der Waals surface area contributed by atoms with Gasteiger partial charge in [-0.2, -0.15) is 0 Å². The van der Waals surface area contributed by atoms with E-state index >= 15 is 0 Å². The van der Waals surface area contributed by atoms with Crippen molar-refractivity contribution in [3.8, 4) is 0 Å². The van der Waals surface area contributed by atoms with E-state index in [0.717, 1.165) is 18.2 Å². The average molecular weight is 263 g/mol. The zero-order chi connectivity index (χ0) is 13.0. The van der Waals surface area contributed by atoms with Gasteiger partial charge in [0.05, 0.1) is 11.6 Å². The Bertz CT molecular complexity index is 446. The normalized spacial score (nSPS) is 10.4. The smallest absolute Gasteiger partial charge is 0.379 e. The number of alkyl halides is 2. The van der Waals surface area contributed by atoms with E-state index in [1.54, 1.807) is 0 Å². The summed E-state index contributed by atoms with van der Waals surface area (Å²) in [4.78, 5) is 22.7. The van der Waals surface area contributed by atoms with Crippen LogP contribution in [0.15, 0.2) is 18.2 Å². The molecule has 0 aliphatic rings. The summed E-state index contributed by atoms with van der Waals surface area (Å²) in [5.74, 6) is -2.14. The van der Waals surface area contributed by atoms with Crippen molar-refractivity contribution >= 4 is 23.4 Å². The molecule has 0 heterocycles. The highest BCUT2D eigenvalue weighted by Crippen LogP contribution is 2.25. The molecule has 0 amide bonds. The maximum atomic E-state index is 12.4. The van der Waals surface area contributed by atoms with Crippen LogP contribution in [0.1, 0.15) is 29.3 Å². The number of ether oxygens (including phenoxy) is 1. The molecule has 1 aromatic rings. The molecule has 0 atom stereocenters. The number of rotatable bonds is 4. The van der Waals surface area contributed by atoms with Gasteiger partial charge in [-0.05, 0) is 19.1 Å². The molecule has 0 unspecified atom stereocenters. The highest BCUT2D eigenvalue weighted by Gasteiger charge is 2.22. The Morgan fingerprint density at radius 3 is 2.59 bits per heavy atom. The average Bonchev–Trinajstić information content (AvgIpc) is 2.28. The Morgan fingerprint density at radius 2 is 2.06 bits per heavy atom. The van der Waals surface area contributed by atoms with Gasteiger partial charge in [-0.15, -0.1) is 0 Å². The summed E-state index contributed by atoms with van der Waals surface area (Å²) in [5, 5.41) is -0.0625. The van der Waals surface area contributed by atoms with Crippen LogP contribution in [0.2, 0.25) is 5.02 Å². The molecule has 0 bridgehead atoms. The summed E-state index contributed by atoms with van der Waals surface area (Å²) in [7, 11) is 0. The van der Waals surface area contributed by atoms with Gasteiger partial charge in [0.1, 0.15) is 0 Å². The van der Waals surface area contributed by atoms with Crippen LogP contribution in [0, 0.1) is 0 Å². The zero-order valence-corrected chi connectivity index (χ0v) is 9.63. The number of hydrogen-bond acceptors (Lipinski definition) is 3. The molecular weight excluding hydrogens is 254 g/mol. The van der Waals surface area contributed by atoms with E-state index in [0.29, 0.717) is 0 Å². The first-order valence-corrected chi connectivity index (χ1v) is 5.14. The van der Waals surface area contributed by atoms with Crippen molar-refractivity contribution in [1.29, 1.82) is 0 Å². The molecule has 0 saturated carbocycles. The van der Waals surface area contributed by atoms with Crippen molar-refractivity contribution in [2.24, 2.45) is 0 Å². The molecule has 92 valence electrons. The van der Waals surface area contributed by atoms with Gasteiger partial charge in [0.25, 0.3) is 12.2 Å². The lowest BCUT2D eigenvalue weighted by Crippen LogP contribution is -2.18. The fourth-order valence-electron chi connectivity index (χ4n) is 1.16. The van der Waals surface area contributed by atoms with Crippen LogP contribution in [0.5, 0.6) is 0 Å². The minimum Gasteiger partial charge on any atom is -0.460 e. The van der Waals surface area contributed by atoms with E-state index < -0.39 is 18.2 Å². The van der Waals surface area contributed by atoms with Crippen LogP contribution in [-0.2, 0) is 9.53 Å². The molecule has 0 saturated heterocycles. The number of benzene rings is 1. The summed E-state index contributed by atoms with van der Waals surface area (Å²) in [5.41, 5.74) is -0.648. The Balaban J connectivity index is 3.08. The number of carbonyl (C=O) groups excluding carboxylic acids is 2. The van der Waals surface area contributed by atoms with E-state index in [2.05, 4.69) is 4.74 Å². The zero-order valence-electron chi connectivity index (χ0n) is 8.88. The predicted molar refractivity (Wildman–Crippen MR) is 57.4 cm³/mol. The third kappa shape index (κ3) is 3.23. The van der Waals surface area contributed by atoms with Gasteiger partial charge in [-0.3, -0.25) is 4.79 Å². The number of hydrogen-bond donors (Lipinski definition) is 0. The number of carbonyl (C=O) groups is 2.